The van der Waals surface area contributed by atoms with Crippen molar-refractivity contribution in [3.05, 3.63) is 53.8 Å². The quantitative estimate of drug-likeness (QED) is 0.822. The average Bonchev–Trinajstić information content (AvgIpc) is 3.12. The van der Waals surface area contributed by atoms with E-state index in [-0.39, 0.29) is 16.8 Å². The summed E-state index contributed by atoms with van der Waals surface area (Å²) in [5.74, 6) is 0.743. The molecule has 1 fully saturated rings. The lowest BCUT2D eigenvalue weighted by Gasteiger charge is -2.25. The molecule has 0 aliphatic carbocycles. The molecule has 0 radical (unpaired) electrons. The van der Waals surface area contributed by atoms with Crippen LogP contribution in [0.25, 0.3) is 0 Å². The van der Waals surface area contributed by atoms with E-state index in [1.807, 2.05) is 0 Å². The van der Waals surface area contributed by atoms with Crippen LogP contribution in [-0.4, -0.2) is 38.5 Å². The van der Waals surface area contributed by atoms with Crippen molar-refractivity contribution in [2.24, 2.45) is 0 Å². The molecule has 2 aliphatic heterocycles. The number of hydrogen-bond acceptors (Lipinski definition) is 4. The van der Waals surface area contributed by atoms with Crippen LogP contribution >= 0.6 is 0 Å². The normalized spacial score (nSPS) is 20.3. The first-order valence-corrected chi connectivity index (χ1v) is 10.1. The molecule has 7 heteroatoms. The summed E-state index contributed by atoms with van der Waals surface area (Å²) >= 11 is 0. The Bertz CT molecular complexity index is 898. The van der Waals surface area contributed by atoms with Gasteiger partial charge in [-0.25, -0.2) is 12.8 Å². The van der Waals surface area contributed by atoms with Gasteiger partial charge in [0.1, 0.15) is 19.0 Å². The molecule has 2 aliphatic rings. The van der Waals surface area contributed by atoms with Crippen LogP contribution in [0.4, 0.5) is 4.39 Å². The SMILES string of the molecule is O=S(=O)(c1ccc2c(c1)OCCO2)N1CCCC1Cc1ccc(F)cc1. The van der Waals surface area contributed by atoms with Crippen molar-refractivity contribution in [3.8, 4) is 11.5 Å². The third kappa shape index (κ3) is 3.29. The number of fused-ring (bicyclic) bond motifs is 1. The topological polar surface area (TPSA) is 55.8 Å². The summed E-state index contributed by atoms with van der Waals surface area (Å²) in [4.78, 5) is 0.216. The molecule has 1 saturated heterocycles. The molecule has 0 saturated carbocycles. The van der Waals surface area contributed by atoms with Crippen LogP contribution in [0.3, 0.4) is 0 Å². The minimum atomic E-state index is -3.63. The Hall–Kier alpha value is -2.12. The van der Waals surface area contributed by atoms with Gasteiger partial charge in [0.2, 0.25) is 10.0 Å². The molecule has 2 aromatic carbocycles. The Morgan fingerprint density at radius 3 is 2.54 bits per heavy atom. The van der Waals surface area contributed by atoms with Crippen molar-refractivity contribution in [2.75, 3.05) is 19.8 Å². The van der Waals surface area contributed by atoms with Crippen LogP contribution in [0.1, 0.15) is 18.4 Å². The largest absolute Gasteiger partial charge is 0.486 e. The molecule has 0 amide bonds. The predicted molar refractivity (Wildman–Crippen MR) is 94.4 cm³/mol. The van der Waals surface area contributed by atoms with Gasteiger partial charge in [-0.15, -0.1) is 0 Å². The molecule has 1 atom stereocenters. The fraction of sp³-hybridized carbons (Fsp3) is 0.368. The van der Waals surface area contributed by atoms with E-state index >= 15 is 0 Å². The second-order valence-electron chi connectivity index (χ2n) is 6.55. The first kappa shape index (κ1) is 17.3. The highest BCUT2D eigenvalue weighted by Crippen LogP contribution is 2.35. The molecular weight excluding hydrogens is 357 g/mol. The first-order chi connectivity index (χ1) is 12.5. The fourth-order valence-corrected chi connectivity index (χ4v) is 5.25. The Morgan fingerprint density at radius 1 is 1.04 bits per heavy atom. The number of hydrogen-bond donors (Lipinski definition) is 0. The molecule has 0 spiro atoms. The third-order valence-electron chi connectivity index (χ3n) is 4.83. The summed E-state index contributed by atoms with van der Waals surface area (Å²) in [6, 6.07) is 10.9. The zero-order valence-electron chi connectivity index (χ0n) is 14.2. The second kappa shape index (κ2) is 6.89. The van der Waals surface area contributed by atoms with E-state index in [0.29, 0.717) is 37.7 Å². The maximum atomic E-state index is 13.1. The van der Waals surface area contributed by atoms with Crippen LogP contribution in [0.2, 0.25) is 0 Å². The lowest BCUT2D eigenvalue weighted by atomic mass is 10.0. The maximum absolute atomic E-state index is 13.1. The van der Waals surface area contributed by atoms with Gasteiger partial charge in [-0.05, 0) is 49.1 Å². The zero-order valence-corrected chi connectivity index (χ0v) is 15.0. The van der Waals surface area contributed by atoms with Gasteiger partial charge in [-0.3, -0.25) is 0 Å². The Kier molecular flexibility index (Phi) is 4.58. The van der Waals surface area contributed by atoms with Crippen LogP contribution in [0, 0.1) is 5.82 Å². The van der Waals surface area contributed by atoms with Crippen LogP contribution < -0.4 is 9.47 Å². The van der Waals surface area contributed by atoms with Gasteiger partial charge < -0.3 is 9.47 Å². The standard InChI is InChI=1S/C19H20FNO4S/c20-15-5-3-14(4-6-15)12-16-2-1-9-21(16)26(22,23)17-7-8-18-19(13-17)25-11-10-24-18/h3-8,13,16H,1-2,9-12H2. The monoisotopic (exact) mass is 377 g/mol. The van der Waals surface area contributed by atoms with Crippen LogP contribution in [-0.2, 0) is 16.4 Å². The third-order valence-corrected chi connectivity index (χ3v) is 6.78. The van der Waals surface area contributed by atoms with Gasteiger partial charge in [-0.2, -0.15) is 4.31 Å². The molecule has 0 bridgehead atoms. The Balaban J connectivity index is 1.59. The fourth-order valence-electron chi connectivity index (χ4n) is 3.54. The molecule has 0 aromatic heterocycles. The van der Waals surface area contributed by atoms with Gasteiger partial charge in [0.25, 0.3) is 0 Å². The molecular formula is C19H20FNO4S. The highest BCUT2D eigenvalue weighted by atomic mass is 32.2. The summed E-state index contributed by atoms with van der Waals surface area (Å²) in [7, 11) is -3.63. The number of sulfonamides is 1. The van der Waals surface area contributed by atoms with Crippen molar-refractivity contribution in [3.63, 3.8) is 0 Å². The molecule has 2 heterocycles. The molecule has 0 N–H and O–H groups in total. The van der Waals surface area contributed by atoms with Crippen molar-refractivity contribution in [1.29, 1.82) is 0 Å². The van der Waals surface area contributed by atoms with Crippen molar-refractivity contribution in [1.82, 2.24) is 4.31 Å². The van der Waals surface area contributed by atoms with E-state index in [1.54, 1.807) is 28.6 Å². The van der Waals surface area contributed by atoms with E-state index in [9.17, 15) is 12.8 Å². The van der Waals surface area contributed by atoms with Gasteiger partial charge in [0.05, 0.1) is 4.90 Å². The lowest BCUT2D eigenvalue weighted by Crippen LogP contribution is -2.36. The van der Waals surface area contributed by atoms with E-state index in [0.717, 1.165) is 18.4 Å². The molecule has 2 aromatic rings. The maximum Gasteiger partial charge on any atom is 0.243 e. The van der Waals surface area contributed by atoms with Crippen LogP contribution in [0.5, 0.6) is 11.5 Å². The number of ether oxygens (including phenoxy) is 2. The number of halogens is 1. The van der Waals surface area contributed by atoms with Crippen molar-refractivity contribution < 1.29 is 22.3 Å². The number of nitrogens with zero attached hydrogens (tertiary/aromatic N) is 1. The smallest absolute Gasteiger partial charge is 0.243 e. The first-order valence-electron chi connectivity index (χ1n) is 8.70. The second-order valence-corrected chi connectivity index (χ2v) is 8.44. The van der Waals surface area contributed by atoms with Gasteiger partial charge >= 0.3 is 0 Å². The van der Waals surface area contributed by atoms with E-state index in [1.165, 1.54) is 18.2 Å². The minimum Gasteiger partial charge on any atom is -0.486 e. The number of rotatable bonds is 4. The molecule has 4 rings (SSSR count). The molecule has 5 nitrogen and oxygen atoms in total. The van der Waals surface area contributed by atoms with Crippen molar-refractivity contribution in [2.45, 2.75) is 30.2 Å². The Morgan fingerprint density at radius 2 is 1.77 bits per heavy atom. The van der Waals surface area contributed by atoms with Crippen LogP contribution in [0.15, 0.2) is 47.4 Å². The molecule has 138 valence electrons. The van der Waals surface area contributed by atoms with Gasteiger partial charge in [0.15, 0.2) is 11.5 Å². The minimum absolute atomic E-state index is 0.126. The highest BCUT2D eigenvalue weighted by molar-refractivity contribution is 7.89. The summed E-state index contributed by atoms with van der Waals surface area (Å²) in [5, 5.41) is 0. The van der Waals surface area contributed by atoms with Gasteiger partial charge in [-0.1, -0.05) is 12.1 Å². The Labute approximate surface area is 152 Å². The summed E-state index contributed by atoms with van der Waals surface area (Å²) in [5.41, 5.74) is 0.931. The summed E-state index contributed by atoms with van der Waals surface area (Å²) < 4.78 is 51.9. The summed E-state index contributed by atoms with van der Waals surface area (Å²) in [6.45, 7) is 1.36. The predicted octanol–water partition coefficient (Wildman–Crippen LogP) is 2.99. The molecule has 1 unspecified atom stereocenters. The van der Waals surface area contributed by atoms with Crippen molar-refractivity contribution >= 4 is 10.0 Å². The van der Waals surface area contributed by atoms with E-state index in [2.05, 4.69) is 0 Å². The molecule has 26 heavy (non-hydrogen) atoms. The average molecular weight is 377 g/mol. The number of benzene rings is 2. The van der Waals surface area contributed by atoms with E-state index in [4.69, 9.17) is 9.47 Å². The highest BCUT2D eigenvalue weighted by Gasteiger charge is 2.35. The lowest BCUT2D eigenvalue weighted by molar-refractivity contribution is 0.171. The zero-order chi connectivity index (χ0) is 18.1. The van der Waals surface area contributed by atoms with Gasteiger partial charge in [0, 0.05) is 18.7 Å². The van der Waals surface area contributed by atoms with E-state index < -0.39 is 10.0 Å². The summed E-state index contributed by atoms with van der Waals surface area (Å²) in [6.07, 6.45) is 2.18.